The summed E-state index contributed by atoms with van der Waals surface area (Å²) in [5.41, 5.74) is 2.75. The Morgan fingerprint density at radius 2 is 1.79 bits per heavy atom. The van der Waals surface area contributed by atoms with E-state index in [1.165, 1.54) is 5.56 Å². The van der Waals surface area contributed by atoms with Gasteiger partial charge in [-0.05, 0) is 44.2 Å². The highest BCUT2D eigenvalue weighted by Crippen LogP contribution is 2.20. The van der Waals surface area contributed by atoms with E-state index in [0.717, 1.165) is 30.0 Å². The highest BCUT2D eigenvalue weighted by molar-refractivity contribution is 5.77. The molecular weight excluding hydrogens is 298 g/mol. The molecule has 2 aromatic carbocycles. The van der Waals surface area contributed by atoms with Crippen molar-refractivity contribution in [3.8, 4) is 5.69 Å². The fourth-order valence-electron chi connectivity index (χ4n) is 2.99. The average molecular weight is 321 g/mol. The Bertz CT molecular complexity index is 897. The van der Waals surface area contributed by atoms with Crippen LogP contribution in [-0.2, 0) is 0 Å². The summed E-state index contributed by atoms with van der Waals surface area (Å²) in [7, 11) is 0. The molecule has 0 aliphatic carbocycles. The van der Waals surface area contributed by atoms with Crippen molar-refractivity contribution in [3.05, 3.63) is 70.3 Å². The molecule has 24 heavy (non-hydrogen) atoms. The van der Waals surface area contributed by atoms with Gasteiger partial charge in [0.1, 0.15) is 5.82 Å². The number of hydrogen-bond donors (Lipinski definition) is 1. The maximum Gasteiger partial charge on any atom is 0.266 e. The van der Waals surface area contributed by atoms with Gasteiger partial charge in [0.25, 0.3) is 5.56 Å². The molecule has 0 radical (unpaired) electrons. The van der Waals surface area contributed by atoms with Crippen LogP contribution in [0.2, 0.25) is 0 Å². The molecule has 4 nitrogen and oxygen atoms in total. The summed E-state index contributed by atoms with van der Waals surface area (Å²) in [5.74, 6) is 0.770. The molecule has 0 saturated carbocycles. The van der Waals surface area contributed by atoms with Crippen LogP contribution in [0, 0.1) is 6.92 Å². The van der Waals surface area contributed by atoms with Gasteiger partial charge in [0, 0.05) is 0 Å². The summed E-state index contributed by atoms with van der Waals surface area (Å²) in [4.78, 5) is 18.0. The van der Waals surface area contributed by atoms with E-state index in [2.05, 4.69) is 19.2 Å². The van der Waals surface area contributed by atoms with E-state index < -0.39 is 0 Å². The number of nitrogens with one attached hydrogen (secondary N) is 1. The number of hydrogen-bond acceptors (Lipinski definition) is 3. The highest BCUT2D eigenvalue weighted by atomic mass is 16.1. The first-order valence-electron chi connectivity index (χ1n) is 8.47. The Hall–Kier alpha value is -2.46. The van der Waals surface area contributed by atoms with Crippen LogP contribution in [-0.4, -0.2) is 16.1 Å². The lowest BCUT2D eigenvalue weighted by Gasteiger charge is -2.21. The van der Waals surface area contributed by atoms with Crippen LogP contribution in [0.25, 0.3) is 16.6 Å². The van der Waals surface area contributed by atoms with E-state index in [1.54, 1.807) is 4.57 Å². The molecule has 0 spiro atoms. The summed E-state index contributed by atoms with van der Waals surface area (Å²) >= 11 is 0. The van der Waals surface area contributed by atoms with Gasteiger partial charge >= 0.3 is 0 Å². The van der Waals surface area contributed by atoms with Crippen molar-refractivity contribution in [1.29, 1.82) is 0 Å². The maximum absolute atomic E-state index is 13.2. The standard InChI is InChI=1S/C20H23N3O/c1-4-17(21-5-2)19-22-18-9-7-6-8-16(18)20(24)23(19)15-12-10-14(3)11-13-15/h6-13,17,21H,4-5H2,1-3H3/t17-/m1/s1. The first-order valence-corrected chi connectivity index (χ1v) is 8.47. The lowest BCUT2D eigenvalue weighted by Crippen LogP contribution is -2.31. The summed E-state index contributed by atoms with van der Waals surface area (Å²) in [6, 6.07) is 15.6. The Morgan fingerprint density at radius 1 is 1.08 bits per heavy atom. The van der Waals surface area contributed by atoms with E-state index >= 15 is 0 Å². The third-order valence-electron chi connectivity index (χ3n) is 4.26. The Morgan fingerprint density at radius 3 is 2.46 bits per heavy atom. The molecule has 1 aromatic heterocycles. The molecule has 0 saturated heterocycles. The highest BCUT2D eigenvalue weighted by Gasteiger charge is 2.19. The van der Waals surface area contributed by atoms with Gasteiger partial charge in [-0.2, -0.15) is 0 Å². The molecule has 3 rings (SSSR count). The predicted octanol–water partition coefficient (Wildman–Crippen LogP) is 3.75. The zero-order valence-corrected chi connectivity index (χ0v) is 14.4. The van der Waals surface area contributed by atoms with Crippen molar-refractivity contribution >= 4 is 10.9 Å². The van der Waals surface area contributed by atoms with E-state index in [0.29, 0.717) is 5.39 Å². The third-order valence-corrected chi connectivity index (χ3v) is 4.26. The topological polar surface area (TPSA) is 46.9 Å². The van der Waals surface area contributed by atoms with Gasteiger partial charge in [0.2, 0.25) is 0 Å². The van der Waals surface area contributed by atoms with E-state index in [-0.39, 0.29) is 11.6 Å². The van der Waals surface area contributed by atoms with Gasteiger partial charge < -0.3 is 5.32 Å². The first kappa shape index (κ1) is 16.4. The minimum atomic E-state index is -0.0178. The zero-order chi connectivity index (χ0) is 17.1. The fraction of sp³-hybridized carbons (Fsp3) is 0.300. The zero-order valence-electron chi connectivity index (χ0n) is 14.4. The van der Waals surface area contributed by atoms with Gasteiger partial charge in [-0.25, -0.2) is 4.98 Å². The molecule has 124 valence electrons. The number of aromatic nitrogens is 2. The number of fused-ring (bicyclic) bond motifs is 1. The predicted molar refractivity (Wildman–Crippen MR) is 98.8 cm³/mol. The monoisotopic (exact) mass is 321 g/mol. The van der Waals surface area contributed by atoms with Crippen LogP contribution in [0.4, 0.5) is 0 Å². The largest absolute Gasteiger partial charge is 0.308 e. The van der Waals surface area contributed by atoms with E-state index in [4.69, 9.17) is 4.98 Å². The average Bonchev–Trinajstić information content (AvgIpc) is 2.61. The molecule has 0 unspecified atom stereocenters. The van der Waals surface area contributed by atoms with Crippen LogP contribution in [0.5, 0.6) is 0 Å². The number of nitrogens with zero attached hydrogens (tertiary/aromatic N) is 2. The van der Waals surface area contributed by atoms with Crippen LogP contribution < -0.4 is 10.9 Å². The van der Waals surface area contributed by atoms with Gasteiger partial charge in [-0.15, -0.1) is 0 Å². The SMILES string of the molecule is CCN[C@H](CC)c1nc2ccccc2c(=O)n1-c1ccc(C)cc1. The molecule has 0 aliphatic heterocycles. The van der Waals surface area contributed by atoms with Gasteiger partial charge in [0.15, 0.2) is 0 Å². The Kier molecular flexibility index (Phi) is 4.76. The second-order valence-corrected chi connectivity index (χ2v) is 5.98. The second-order valence-electron chi connectivity index (χ2n) is 5.98. The fourth-order valence-corrected chi connectivity index (χ4v) is 2.99. The molecule has 0 amide bonds. The van der Waals surface area contributed by atoms with E-state index in [1.807, 2.05) is 55.5 Å². The van der Waals surface area contributed by atoms with Crippen LogP contribution in [0.3, 0.4) is 0 Å². The quantitative estimate of drug-likeness (QED) is 0.778. The maximum atomic E-state index is 13.2. The Labute approximate surface area is 142 Å². The molecule has 1 atom stereocenters. The van der Waals surface area contributed by atoms with Crippen LogP contribution in [0.15, 0.2) is 53.3 Å². The van der Waals surface area contributed by atoms with Crippen LogP contribution in [0.1, 0.15) is 37.7 Å². The first-order chi connectivity index (χ1) is 11.7. The number of rotatable bonds is 5. The molecule has 1 heterocycles. The second kappa shape index (κ2) is 6.97. The van der Waals surface area contributed by atoms with Gasteiger partial charge in [0.05, 0.1) is 22.6 Å². The van der Waals surface area contributed by atoms with Gasteiger partial charge in [-0.1, -0.05) is 43.7 Å². The smallest absolute Gasteiger partial charge is 0.266 e. The summed E-state index contributed by atoms with van der Waals surface area (Å²) < 4.78 is 1.75. The molecule has 0 fully saturated rings. The molecular formula is C20H23N3O. The lowest BCUT2D eigenvalue weighted by molar-refractivity contribution is 0.498. The Balaban J connectivity index is 2.33. The van der Waals surface area contributed by atoms with Crippen molar-refractivity contribution < 1.29 is 0 Å². The minimum Gasteiger partial charge on any atom is -0.308 e. The summed E-state index contributed by atoms with van der Waals surface area (Å²) in [5, 5.41) is 4.09. The molecule has 0 aliphatic rings. The van der Waals surface area contributed by atoms with Gasteiger partial charge in [-0.3, -0.25) is 9.36 Å². The lowest BCUT2D eigenvalue weighted by atomic mass is 10.1. The number of para-hydroxylation sites is 1. The van der Waals surface area contributed by atoms with Crippen LogP contribution >= 0.6 is 0 Å². The third kappa shape index (κ3) is 2.97. The number of aryl methyl sites for hydroxylation is 1. The van der Waals surface area contributed by atoms with Crippen molar-refractivity contribution in [2.24, 2.45) is 0 Å². The number of benzene rings is 2. The van der Waals surface area contributed by atoms with Crippen molar-refractivity contribution in [1.82, 2.24) is 14.9 Å². The minimum absolute atomic E-state index is 0.0178. The molecule has 4 heteroatoms. The summed E-state index contributed by atoms with van der Waals surface area (Å²) in [6.07, 6.45) is 0.866. The molecule has 3 aromatic rings. The normalized spacial score (nSPS) is 12.5. The summed E-state index contributed by atoms with van der Waals surface area (Å²) in [6.45, 7) is 7.04. The van der Waals surface area contributed by atoms with Crippen molar-refractivity contribution in [3.63, 3.8) is 0 Å². The van der Waals surface area contributed by atoms with Crippen molar-refractivity contribution in [2.45, 2.75) is 33.2 Å². The van der Waals surface area contributed by atoms with E-state index in [9.17, 15) is 4.79 Å². The molecule has 0 bridgehead atoms. The molecule has 1 N–H and O–H groups in total. The van der Waals surface area contributed by atoms with Crippen molar-refractivity contribution in [2.75, 3.05) is 6.54 Å².